The zero-order valence-electron chi connectivity index (χ0n) is 7.28. The molecule has 0 aliphatic carbocycles. The Balaban J connectivity index is 2.55. The third-order valence-corrected chi connectivity index (χ3v) is 2.73. The van der Waals surface area contributed by atoms with Crippen LogP contribution >= 0.6 is 7.82 Å². The van der Waals surface area contributed by atoms with Crippen LogP contribution in [-0.2, 0) is 18.1 Å². The van der Waals surface area contributed by atoms with Crippen LogP contribution in [0.5, 0.6) is 0 Å². The number of phosphoric acid groups is 1. The summed E-state index contributed by atoms with van der Waals surface area (Å²) in [6.45, 7) is 7.95. The van der Waals surface area contributed by atoms with Gasteiger partial charge < -0.3 is 4.52 Å². The van der Waals surface area contributed by atoms with Gasteiger partial charge in [-0.05, 0) is 0 Å². The molecule has 0 radical (unpaired) electrons. The van der Waals surface area contributed by atoms with Crippen molar-refractivity contribution in [3.8, 4) is 0 Å². The second-order valence-electron chi connectivity index (χ2n) is 3.43. The Labute approximate surface area is 72.1 Å². The second-order valence-corrected chi connectivity index (χ2v) is 5.05. The van der Waals surface area contributed by atoms with E-state index in [0.29, 0.717) is 13.2 Å². The fourth-order valence-corrected chi connectivity index (χ4v) is 2.13. The molecule has 0 aromatic carbocycles. The predicted octanol–water partition coefficient (Wildman–Crippen LogP) is 2.33. The van der Waals surface area contributed by atoms with Crippen LogP contribution in [0.15, 0.2) is 12.8 Å². The van der Waals surface area contributed by atoms with Gasteiger partial charge in [0.15, 0.2) is 0 Å². The first kappa shape index (κ1) is 9.78. The van der Waals surface area contributed by atoms with Gasteiger partial charge in [0.2, 0.25) is 0 Å². The number of phosphoric ester groups is 1. The van der Waals surface area contributed by atoms with Crippen molar-refractivity contribution in [1.82, 2.24) is 0 Å². The maximum absolute atomic E-state index is 11.4. The third-order valence-electron chi connectivity index (χ3n) is 1.43. The van der Waals surface area contributed by atoms with Crippen molar-refractivity contribution in [1.29, 1.82) is 0 Å². The molecular weight excluding hydrogens is 179 g/mol. The highest BCUT2D eigenvalue weighted by atomic mass is 31.2. The molecule has 1 heterocycles. The van der Waals surface area contributed by atoms with E-state index in [9.17, 15) is 4.57 Å². The maximum Gasteiger partial charge on any atom is 0.529 e. The molecule has 1 aliphatic heterocycles. The normalized spacial score (nSPS) is 26.2. The van der Waals surface area contributed by atoms with Gasteiger partial charge in [-0.2, -0.15) is 0 Å². The van der Waals surface area contributed by atoms with Crippen molar-refractivity contribution in [2.24, 2.45) is 5.41 Å². The van der Waals surface area contributed by atoms with Crippen LogP contribution in [0.1, 0.15) is 13.8 Å². The van der Waals surface area contributed by atoms with Crippen LogP contribution in [0.4, 0.5) is 0 Å². The number of hydrogen-bond acceptors (Lipinski definition) is 4. The van der Waals surface area contributed by atoms with E-state index in [1.54, 1.807) is 0 Å². The molecule has 1 aliphatic rings. The Morgan fingerprint density at radius 3 is 2.42 bits per heavy atom. The smallest absolute Gasteiger partial charge is 0.413 e. The molecule has 0 spiro atoms. The lowest BCUT2D eigenvalue weighted by Crippen LogP contribution is -2.29. The molecule has 0 aromatic heterocycles. The Bertz CT molecular complexity index is 209. The quantitative estimate of drug-likeness (QED) is 0.497. The fourth-order valence-electron chi connectivity index (χ4n) is 0.739. The molecule has 12 heavy (non-hydrogen) atoms. The van der Waals surface area contributed by atoms with Crippen LogP contribution in [0.3, 0.4) is 0 Å². The first-order chi connectivity index (χ1) is 5.47. The number of hydrogen-bond donors (Lipinski definition) is 0. The highest BCUT2D eigenvalue weighted by Gasteiger charge is 2.38. The fraction of sp³-hybridized carbons (Fsp3) is 0.714. The molecule has 0 bridgehead atoms. The molecule has 1 rings (SSSR count). The van der Waals surface area contributed by atoms with E-state index in [4.69, 9.17) is 9.05 Å². The summed E-state index contributed by atoms with van der Waals surface area (Å²) in [4.78, 5) is 0. The van der Waals surface area contributed by atoms with E-state index in [2.05, 4.69) is 11.1 Å². The zero-order valence-corrected chi connectivity index (χ0v) is 8.17. The monoisotopic (exact) mass is 192 g/mol. The lowest BCUT2D eigenvalue weighted by molar-refractivity contribution is 0.0126. The SMILES string of the molecule is C=COP1(=O)OCC(C)(C)CO1. The van der Waals surface area contributed by atoms with Crippen molar-refractivity contribution in [2.45, 2.75) is 13.8 Å². The van der Waals surface area contributed by atoms with Gasteiger partial charge in [-0.3, -0.25) is 9.05 Å². The van der Waals surface area contributed by atoms with E-state index in [1.807, 2.05) is 13.8 Å². The minimum absolute atomic E-state index is 0.0988. The molecule has 0 saturated carbocycles. The predicted molar refractivity (Wildman–Crippen MR) is 44.6 cm³/mol. The van der Waals surface area contributed by atoms with Crippen LogP contribution < -0.4 is 0 Å². The van der Waals surface area contributed by atoms with Gasteiger partial charge in [-0.25, -0.2) is 4.57 Å². The van der Waals surface area contributed by atoms with Crippen LogP contribution in [-0.4, -0.2) is 13.2 Å². The molecule has 0 atom stereocenters. The summed E-state index contributed by atoms with van der Waals surface area (Å²) < 4.78 is 25.9. The highest BCUT2D eigenvalue weighted by molar-refractivity contribution is 7.48. The van der Waals surface area contributed by atoms with E-state index in [1.165, 1.54) is 0 Å². The van der Waals surface area contributed by atoms with Crippen LogP contribution in [0, 0.1) is 5.41 Å². The Morgan fingerprint density at radius 1 is 1.50 bits per heavy atom. The first-order valence-corrected chi connectivity index (χ1v) is 5.12. The lowest BCUT2D eigenvalue weighted by Gasteiger charge is -2.32. The minimum Gasteiger partial charge on any atom is -0.413 e. The molecule has 5 heteroatoms. The molecule has 0 aromatic rings. The van der Waals surface area contributed by atoms with Crippen molar-refractivity contribution in [3.05, 3.63) is 12.8 Å². The summed E-state index contributed by atoms with van der Waals surface area (Å²) in [6.07, 6.45) is 1.07. The molecule has 0 amide bonds. The molecular formula is C7H13O4P. The summed E-state index contributed by atoms with van der Waals surface area (Å²) in [5, 5.41) is 0. The summed E-state index contributed by atoms with van der Waals surface area (Å²) in [6, 6.07) is 0. The average Bonchev–Trinajstić information content (AvgIpc) is 1.98. The van der Waals surface area contributed by atoms with Crippen molar-refractivity contribution in [2.75, 3.05) is 13.2 Å². The van der Waals surface area contributed by atoms with Gasteiger partial charge in [-0.1, -0.05) is 20.4 Å². The molecule has 0 N–H and O–H groups in total. The van der Waals surface area contributed by atoms with Crippen LogP contribution in [0.25, 0.3) is 0 Å². The molecule has 1 fully saturated rings. The van der Waals surface area contributed by atoms with Gasteiger partial charge in [0.1, 0.15) is 0 Å². The van der Waals surface area contributed by atoms with Gasteiger partial charge in [-0.15, -0.1) is 0 Å². The molecule has 4 nitrogen and oxygen atoms in total. The van der Waals surface area contributed by atoms with Gasteiger partial charge in [0, 0.05) is 5.41 Å². The zero-order chi connectivity index (χ0) is 9.24. The Hall–Kier alpha value is -0.310. The van der Waals surface area contributed by atoms with Crippen molar-refractivity contribution >= 4 is 7.82 Å². The van der Waals surface area contributed by atoms with Gasteiger partial charge in [0.25, 0.3) is 0 Å². The highest BCUT2D eigenvalue weighted by Crippen LogP contribution is 2.54. The summed E-state index contributed by atoms with van der Waals surface area (Å²) in [7, 11) is -3.31. The van der Waals surface area contributed by atoms with E-state index < -0.39 is 7.82 Å². The van der Waals surface area contributed by atoms with Gasteiger partial charge in [0.05, 0.1) is 19.5 Å². The van der Waals surface area contributed by atoms with E-state index in [0.717, 1.165) is 6.26 Å². The average molecular weight is 192 g/mol. The summed E-state index contributed by atoms with van der Waals surface area (Å²) in [5.74, 6) is 0. The molecule has 70 valence electrons. The standard InChI is InChI=1S/C7H13O4P/c1-4-9-12(8)10-5-7(2,3)6-11-12/h4H,1,5-6H2,2-3H3. The number of rotatable bonds is 2. The van der Waals surface area contributed by atoms with E-state index in [-0.39, 0.29) is 5.41 Å². The third kappa shape index (κ3) is 2.34. The summed E-state index contributed by atoms with van der Waals surface area (Å²) in [5.41, 5.74) is -0.0988. The lowest BCUT2D eigenvalue weighted by atomic mass is 9.97. The largest absolute Gasteiger partial charge is 0.529 e. The molecule has 1 saturated heterocycles. The maximum atomic E-state index is 11.4. The van der Waals surface area contributed by atoms with Crippen molar-refractivity contribution in [3.63, 3.8) is 0 Å². The van der Waals surface area contributed by atoms with Crippen LogP contribution in [0.2, 0.25) is 0 Å². The topological polar surface area (TPSA) is 44.8 Å². The van der Waals surface area contributed by atoms with Crippen molar-refractivity contribution < 1.29 is 18.1 Å². The minimum atomic E-state index is -3.31. The first-order valence-electron chi connectivity index (χ1n) is 3.66. The summed E-state index contributed by atoms with van der Waals surface area (Å²) >= 11 is 0. The molecule has 0 unspecified atom stereocenters. The van der Waals surface area contributed by atoms with E-state index >= 15 is 0 Å². The van der Waals surface area contributed by atoms with Gasteiger partial charge >= 0.3 is 7.82 Å². The Kier molecular flexibility index (Phi) is 2.61. The second kappa shape index (κ2) is 3.21. The Morgan fingerprint density at radius 2 is 2.00 bits per heavy atom.